The molecule has 7 nitrogen and oxygen atoms in total. The first-order chi connectivity index (χ1) is 14.6. The van der Waals surface area contributed by atoms with Crippen LogP contribution in [-0.4, -0.2) is 68.1 Å². The fourth-order valence-corrected chi connectivity index (χ4v) is 4.10. The van der Waals surface area contributed by atoms with Crippen molar-refractivity contribution in [3.05, 3.63) is 41.6 Å². The normalized spacial score (nSPS) is 14.1. The van der Waals surface area contributed by atoms with Crippen LogP contribution in [0.5, 0.6) is 0 Å². The van der Waals surface area contributed by atoms with Gasteiger partial charge in [0, 0.05) is 58.3 Å². The molecular weight excluding hydrogens is 398 g/mol. The number of rotatable bonds is 9. The molecule has 2 aromatic rings. The Hall–Kier alpha value is -2.32. The third kappa shape index (κ3) is 6.34. The first-order valence-electron chi connectivity index (χ1n) is 10.4. The van der Waals surface area contributed by atoms with Crippen molar-refractivity contribution in [2.45, 2.75) is 25.4 Å². The number of carbonyl (C=O) groups is 1. The number of benzene rings is 1. The van der Waals surface area contributed by atoms with Crippen molar-refractivity contribution in [2.24, 2.45) is 0 Å². The van der Waals surface area contributed by atoms with Crippen molar-refractivity contribution in [1.29, 1.82) is 0 Å². The molecule has 30 heavy (non-hydrogen) atoms. The van der Waals surface area contributed by atoms with Gasteiger partial charge in [-0.05, 0) is 43.5 Å². The zero-order valence-corrected chi connectivity index (χ0v) is 18.9. The summed E-state index contributed by atoms with van der Waals surface area (Å²) in [7, 11) is 1.66. The lowest BCUT2D eigenvalue weighted by atomic mass is 10.1. The number of nitrogens with one attached hydrogen (secondary N) is 1. The van der Waals surface area contributed by atoms with E-state index in [0.717, 1.165) is 38.4 Å². The lowest BCUT2D eigenvalue weighted by molar-refractivity contribution is -0.118. The summed E-state index contributed by atoms with van der Waals surface area (Å²) in [6.45, 7) is 9.32. The van der Waals surface area contributed by atoms with Gasteiger partial charge in [-0.3, -0.25) is 4.79 Å². The summed E-state index contributed by atoms with van der Waals surface area (Å²) in [5.41, 5.74) is 3.93. The van der Waals surface area contributed by atoms with E-state index in [9.17, 15) is 4.79 Å². The Morgan fingerprint density at radius 2 is 1.93 bits per heavy atom. The zero-order chi connectivity index (χ0) is 21.3. The predicted molar refractivity (Wildman–Crippen MR) is 123 cm³/mol. The smallest absolute Gasteiger partial charge is 0.230 e. The van der Waals surface area contributed by atoms with Gasteiger partial charge in [-0.25, -0.2) is 9.97 Å². The summed E-state index contributed by atoms with van der Waals surface area (Å²) in [6, 6.07) is 8.57. The van der Waals surface area contributed by atoms with Crippen LogP contribution in [0, 0.1) is 13.8 Å². The first-order valence-corrected chi connectivity index (χ1v) is 11.3. The lowest BCUT2D eigenvalue weighted by Gasteiger charge is -2.37. The highest BCUT2D eigenvalue weighted by atomic mass is 32.2. The molecule has 1 aliphatic heterocycles. The van der Waals surface area contributed by atoms with Crippen LogP contribution in [0.2, 0.25) is 0 Å². The molecule has 1 amide bonds. The minimum Gasteiger partial charge on any atom is -0.385 e. The molecule has 0 saturated carbocycles. The van der Waals surface area contributed by atoms with Crippen molar-refractivity contribution in [3.63, 3.8) is 0 Å². The van der Waals surface area contributed by atoms with Gasteiger partial charge >= 0.3 is 0 Å². The molecule has 0 atom stereocenters. The fraction of sp³-hybridized carbons (Fsp3) is 0.500. The molecule has 0 bridgehead atoms. The second kappa shape index (κ2) is 11.2. The number of nitrogens with zero attached hydrogens (tertiary/aromatic N) is 4. The predicted octanol–water partition coefficient (Wildman–Crippen LogP) is 2.66. The maximum atomic E-state index is 11.9. The third-order valence-corrected chi connectivity index (χ3v) is 5.97. The van der Waals surface area contributed by atoms with Crippen LogP contribution in [0.4, 0.5) is 11.5 Å². The Kier molecular flexibility index (Phi) is 8.33. The summed E-state index contributed by atoms with van der Waals surface area (Å²) >= 11 is 1.37. The molecule has 3 rings (SSSR count). The molecule has 1 aliphatic rings. The molecule has 162 valence electrons. The van der Waals surface area contributed by atoms with E-state index in [2.05, 4.69) is 57.1 Å². The van der Waals surface area contributed by atoms with Crippen LogP contribution >= 0.6 is 11.8 Å². The number of hydrogen-bond acceptors (Lipinski definition) is 7. The number of methoxy groups -OCH3 is 1. The van der Waals surface area contributed by atoms with Gasteiger partial charge in [0.25, 0.3) is 0 Å². The average molecular weight is 430 g/mol. The summed E-state index contributed by atoms with van der Waals surface area (Å²) in [6.07, 6.45) is 2.59. The Bertz CT molecular complexity index is 840. The second-order valence-corrected chi connectivity index (χ2v) is 8.39. The van der Waals surface area contributed by atoms with Crippen LogP contribution in [0.3, 0.4) is 0 Å². The van der Waals surface area contributed by atoms with Crippen LogP contribution in [-0.2, 0) is 9.53 Å². The van der Waals surface area contributed by atoms with E-state index < -0.39 is 0 Å². The van der Waals surface area contributed by atoms with E-state index in [1.54, 1.807) is 13.3 Å². The summed E-state index contributed by atoms with van der Waals surface area (Å²) in [5, 5.41) is 3.52. The number of anilines is 2. The summed E-state index contributed by atoms with van der Waals surface area (Å²) < 4.78 is 4.98. The van der Waals surface area contributed by atoms with Crippen molar-refractivity contribution < 1.29 is 9.53 Å². The minimum absolute atomic E-state index is 0.00718. The molecule has 2 heterocycles. The Balaban J connectivity index is 1.50. The monoisotopic (exact) mass is 429 g/mol. The van der Waals surface area contributed by atoms with Crippen LogP contribution in [0.25, 0.3) is 0 Å². The van der Waals surface area contributed by atoms with Crippen LogP contribution < -0.4 is 15.1 Å². The zero-order valence-electron chi connectivity index (χ0n) is 18.1. The van der Waals surface area contributed by atoms with Crippen molar-refractivity contribution in [3.8, 4) is 0 Å². The Morgan fingerprint density at radius 3 is 2.70 bits per heavy atom. The maximum absolute atomic E-state index is 11.9. The van der Waals surface area contributed by atoms with E-state index in [0.29, 0.717) is 24.1 Å². The van der Waals surface area contributed by atoms with E-state index >= 15 is 0 Å². The van der Waals surface area contributed by atoms with Gasteiger partial charge in [-0.1, -0.05) is 23.9 Å². The highest BCUT2D eigenvalue weighted by Gasteiger charge is 2.20. The molecule has 1 aromatic heterocycles. The van der Waals surface area contributed by atoms with E-state index in [-0.39, 0.29) is 5.91 Å². The number of hydrogen-bond donors (Lipinski definition) is 1. The van der Waals surface area contributed by atoms with E-state index in [4.69, 9.17) is 4.74 Å². The lowest BCUT2D eigenvalue weighted by Crippen LogP contribution is -2.47. The SMILES string of the molecule is COCCCNC(=O)CSc1nccc(N2CCN(c3cc(C)ccc3C)CC2)n1. The fourth-order valence-electron chi connectivity index (χ4n) is 3.44. The molecule has 1 aromatic carbocycles. The number of aryl methyl sites for hydroxylation is 2. The maximum Gasteiger partial charge on any atom is 0.230 e. The largest absolute Gasteiger partial charge is 0.385 e. The number of amides is 1. The summed E-state index contributed by atoms with van der Waals surface area (Å²) in [5.74, 6) is 1.23. The highest BCUT2D eigenvalue weighted by Crippen LogP contribution is 2.24. The van der Waals surface area contributed by atoms with E-state index in [1.807, 2.05) is 6.07 Å². The van der Waals surface area contributed by atoms with Crippen molar-refractivity contribution in [1.82, 2.24) is 15.3 Å². The van der Waals surface area contributed by atoms with Gasteiger partial charge < -0.3 is 19.9 Å². The molecule has 0 unspecified atom stereocenters. The Morgan fingerprint density at radius 1 is 1.17 bits per heavy atom. The Labute approximate surface area is 183 Å². The topological polar surface area (TPSA) is 70.6 Å². The number of carbonyl (C=O) groups excluding carboxylic acids is 1. The number of aromatic nitrogens is 2. The molecular formula is C22H31N5O2S. The van der Waals surface area contributed by atoms with Crippen LogP contribution in [0.1, 0.15) is 17.5 Å². The van der Waals surface area contributed by atoms with Gasteiger partial charge in [-0.2, -0.15) is 0 Å². The van der Waals surface area contributed by atoms with Gasteiger partial charge in [-0.15, -0.1) is 0 Å². The quantitative estimate of drug-likeness (QED) is 0.373. The van der Waals surface area contributed by atoms with Crippen molar-refractivity contribution >= 4 is 29.2 Å². The van der Waals surface area contributed by atoms with Gasteiger partial charge in [0.15, 0.2) is 5.16 Å². The molecule has 0 aliphatic carbocycles. The second-order valence-electron chi connectivity index (χ2n) is 7.45. The number of thioether (sulfide) groups is 1. The highest BCUT2D eigenvalue weighted by molar-refractivity contribution is 7.99. The molecule has 8 heteroatoms. The van der Waals surface area contributed by atoms with Gasteiger partial charge in [0.05, 0.1) is 5.75 Å². The summed E-state index contributed by atoms with van der Waals surface area (Å²) in [4.78, 5) is 25.7. The molecule has 1 N–H and O–H groups in total. The molecule has 1 saturated heterocycles. The van der Waals surface area contributed by atoms with Crippen molar-refractivity contribution in [2.75, 3.05) is 62.0 Å². The first kappa shape index (κ1) is 22.4. The van der Waals surface area contributed by atoms with Gasteiger partial charge in [0.1, 0.15) is 5.82 Å². The standard InChI is InChI=1S/C22H31N5O2S/c1-17-5-6-18(2)19(15-17)26-10-12-27(13-11-26)20-7-9-24-22(25-20)30-16-21(28)23-8-4-14-29-3/h5-7,9,15H,4,8,10-14,16H2,1-3H3,(H,23,28). The van der Waals surface area contributed by atoms with E-state index in [1.165, 1.54) is 28.6 Å². The average Bonchev–Trinajstić information content (AvgIpc) is 2.77. The third-order valence-electron chi connectivity index (χ3n) is 5.11. The van der Waals surface area contributed by atoms with Crippen LogP contribution in [0.15, 0.2) is 35.6 Å². The van der Waals surface area contributed by atoms with Gasteiger partial charge in [0.2, 0.25) is 5.91 Å². The molecule has 0 spiro atoms. The molecule has 1 fully saturated rings. The number of piperazine rings is 1. The molecule has 0 radical (unpaired) electrons. The number of ether oxygens (including phenoxy) is 1. The minimum atomic E-state index is -0.00718.